The smallest absolute Gasteiger partial charge is 0.319 e. The first kappa shape index (κ1) is 13.3. The molecule has 3 nitrogen and oxygen atoms in total. The summed E-state index contributed by atoms with van der Waals surface area (Å²) >= 11 is 1.30. The topological polar surface area (TPSA) is 50.9 Å². The van der Waals surface area contributed by atoms with Crippen LogP contribution in [0.5, 0.6) is 0 Å². The van der Waals surface area contributed by atoms with Gasteiger partial charge in [0.05, 0.1) is 12.2 Å². The number of nitrogens with two attached hydrogens (primary N) is 1. The van der Waals surface area contributed by atoms with Crippen molar-refractivity contribution >= 4 is 11.3 Å². The van der Waals surface area contributed by atoms with Crippen molar-refractivity contribution in [2.24, 2.45) is 5.73 Å². The molecule has 1 aromatic heterocycles. The highest BCUT2D eigenvalue weighted by atomic mass is 32.1. The summed E-state index contributed by atoms with van der Waals surface area (Å²) in [6, 6.07) is 0. The van der Waals surface area contributed by atoms with Gasteiger partial charge in [-0.1, -0.05) is 0 Å². The summed E-state index contributed by atoms with van der Waals surface area (Å²) < 4.78 is 48.5. The highest BCUT2D eigenvalue weighted by molar-refractivity contribution is 7.09. The van der Waals surface area contributed by atoms with E-state index in [1.54, 1.807) is 5.38 Å². The standard InChI is InChI=1S/C8H11F4N3S/c9-7(10)8(11,12)4-14-2-5-3-16-6(1-13)15-5/h3,7,14H,1-2,4,13H2. The molecule has 16 heavy (non-hydrogen) atoms. The van der Waals surface area contributed by atoms with E-state index in [1.165, 1.54) is 11.3 Å². The zero-order valence-electron chi connectivity index (χ0n) is 8.22. The van der Waals surface area contributed by atoms with Crippen LogP contribution < -0.4 is 11.1 Å². The van der Waals surface area contributed by atoms with Gasteiger partial charge < -0.3 is 11.1 Å². The summed E-state index contributed by atoms with van der Waals surface area (Å²) in [5.41, 5.74) is 5.83. The van der Waals surface area contributed by atoms with Crippen LogP contribution in [-0.4, -0.2) is 23.9 Å². The summed E-state index contributed by atoms with van der Waals surface area (Å²) in [6.07, 6.45) is -3.66. The van der Waals surface area contributed by atoms with Crippen molar-refractivity contribution in [3.05, 3.63) is 16.1 Å². The molecule has 0 atom stereocenters. The van der Waals surface area contributed by atoms with Crippen LogP contribution in [0.25, 0.3) is 0 Å². The highest BCUT2D eigenvalue weighted by Crippen LogP contribution is 2.21. The minimum absolute atomic E-state index is 0.0266. The van der Waals surface area contributed by atoms with E-state index in [9.17, 15) is 17.6 Å². The molecule has 0 unspecified atom stereocenters. The van der Waals surface area contributed by atoms with Crippen LogP contribution in [0, 0.1) is 0 Å². The molecule has 0 radical (unpaired) electrons. The fraction of sp³-hybridized carbons (Fsp3) is 0.625. The maximum atomic E-state index is 12.5. The zero-order valence-corrected chi connectivity index (χ0v) is 9.04. The Labute approximate surface area is 93.7 Å². The molecule has 1 aromatic rings. The number of aromatic nitrogens is 1. The molecule has 0 fully saturated rings. The first-order chi connectivity index (χ1) is 7.45. The molecule has 0 aliphatic heterocycles. The molecular formula is C8H11F4N3S. The number of thiazole rings is 1. The van der Waals surface area contributed by atoms with Crippen LogP contribution in [0.1, 0.15) is 10.7 Å². The Balaban J connectivity index is 2.35. The molecule has 0 aliphatic carbocycles. The number of halogens is 4. The van der Waals surface area contributed by atoms with Crippen molar-refractivity contribution < 1.29 is 17.6 Å². The molecular weight excluding hydrogens is 246 g/mol. The van der Waals surface area contributed by atoms with E-state index in [4.69, 9.17) is 5.73 Å². The molecule has 0 spiro atoms. The molecule has 0 saturated heterocycles. The van der Waals surface area contributed by atoms with E-state index in [1.807, 2.05) is 0 Å². The van der Waals surface area contributed by atoms with Crippen LogP contribution in [0.3, 0.4) is 0 Å². The van der Waals surface area contributed by atoms with Gasteiger partial charge in [0.2, 0.25) is 0 Å². The number of nitrogens with one attached hydrogen (secondary N) is 1. The van der Waals surface area contributed by atoms with E-state index in [0.717, 1.165) is 0 Å². The Morgan fingerprint density at radius 1 is 1.50 bits per heavy atom. The average molecular weight is 257 g/mol. The van der Waals surface area contributed by atoms with E-state index >= 15 is 0 Å². The summed E-state index contributed by atoms with van der Waals surface area (Å²) in [5.74, 6) is -4.01. The Kier molecular flexibility index (Phi) is 4.63. The lowest BCUT2D eigenvalue weighted by Gasteiger charge is -2.15. The highest BCUT2D eigenvalue weighted by Gasteiger charge is 2.39. The van der Waals surface area contributed by atoms with E-state index in [2.05, 4.69) is 10.3 Å². The van der Waals surface area contributed by atoms with Gasteiger partial charge in [0, 0.05) is 18.5 Å². The van der Waals surface area contributed by atoms with Gasteiger partial charge in [-0.25, -0.2) is 13.8 Å². The van der Waals surface area contributed by atoms with E-state index in [-0.39, 0.29) is 13.1 Å². The first-order valence-corrected chi connectivity index (χ1v) is 5.33. The molecule has 0 aromatic carbocycles. The first-order valence-electron chi connectivity index (χ1n) is 4.45. The van der Waals surface area contributed by atoms with E-state index in [0.29, 0.717) is 10.7 Å². The summed E-state index contributed by atoms with van der Waals surface area (Å²) in [5, 5.41) is 4.56. The Hall–Kier alpha value is -0.730. The van der Waals surface area contributed by atoms with Crippen molar-refractivity contribution in [3.63, 3.8) is 0 Å². The van der Waals surface area contributed by atoms with Crippen molar-refractivity contribution in [2.75, 3.05) is 6.54 Å². The van der Waals surface area contributed by atoms with Crippen LogP contribution in [0.15, 0.2) is 5.38 Å². The Morgan fingerprint density at radius 2 is 2.19 bits per heavy atom. The molecule has 0 amide bonds. The number of alkyl halides is 4. The molecule has 3 N–H and O–H groups in total. The third-order valence-corrected chi connectivity index (χ3v) is 2.68. The minimum Gasteiger partial charge on any atom is -0.325 e. The number of hydrogen-bond donors (Lipinski definition) is 2. The van der Waals surface area contributed by atoms with Crippen LogP contribution in [-0.2, 0) is 13.1 Å². The van der Waals surface area contributed by atoms with Gasteiger partial charge in [-0.05, 0) is 0 Å². The zero-order chi connectivity index (χ0) is 12.2. The van der Waals surface area contributed by atoms with Gasteiger partial charge >= 0.3 is 12.3 Å². The Bertz CT molecular complexity index is 329. The monoisotopic (exact) mass is 257 g/mol. The van der Waals surface area contributed by atoms with Gasteiger partial charge in [-0.3, -0.25) is 0 Å². The largest absolute Gasteiger partial charge is 0.325 e. The SMILES string of the molecule is NCc1nc(CNCC(F)(F)C(F)F)cs1. The second-order valence-electron chi connectivity index (χ2n) is 3.10. The molecule has 1 rings (SSSR count). The minimum atomic E-state index is -4.01. The second kappa shape index (κ2) is 5.55. The number of nitrogens with zero attached hydrogens (tertiary/aromatic N) is 1. The maximum Gasteiger partial charge on any atom is 0.319 e. The summed E-state index contributed by atoms with van der Waals surface area (Å²) in [6.45, 7) is -0.767. The van der Waals surface area contributed by atoms with E-state index < -0.39 is 18.9 Å². The molecule has 1 heterocycles. The normalized spacial score (nSPS) is 12.4. The van der Waals surface area contributed by atoms with Crippen LogP contribution >= 0.6 is 11.3 Å². The predicted octanol–water partition coefficient (Wildman–Crippen LogP) is 1.59. The molecule has 92 valence electrons. The lowest BCUT2D eigenvalue weighted by molar-refractivity contribution is -0.125. The molecule has 0 saturated carbocycles. The average Bonchev–Trinajstić information content (AvgIpc) is 2.65. The second-order valence-corrected chi connectivity index (χ2v) is 4.04. The fourth-order valence-corrected chi connectivity index (χ4v) is 1.63. The third kappa shape index (κ3) is 3.69. The fourth-order valence-electron chi connectivity index (χ4n) is 0.958. The third-order valence-electron chi connectivity index (χ3n) is 1.76. The van der Waals surface area contributed by atoms with Crippen LogP contribution in [0.4, 0.5) is 17.6 Å². The lowest BCUT2D eigenvalue weighted by Crippen LogP contribution is -2.38. The molecule has 0 aliphatic rings. The quantitative estimate of drug-likeness (QED) is 0.761. The summed E-state index contributed by atoms with van der Waals surface area (Å²) in [4.78, 5) is 3.99. The van der Waals surface area contributed by atoms with Crippen LogP contribution in [0.2, 0.25) is 0 Å². The van der Waals surface area contributed by atoms with Gasteiger partial charge in [0.1, 0.15) is 5.01 Å². The molecule has 0 bridgehead atoms. The molecule has 8 heteroatoms. The lowest BCUT2D eigenvalue weighted by atomic mass is 10.3. The Morgan fingerprint density at radius 3 is 2.69 bits per heavy atom. The van der Waals surface area contributed by atoms with Crippen molar-refractivity contribution in [2.45, 2.75) is 25.4 Å². The van der Waals surface area contributed by atoms with Gasteiger partial charge in [0.25, 0.3) is 0 Å². The van der Waals surface area contributed by atoms with Crippen molar-refractivity contribution in [1.82, 2.24) is 10.3 Å². The van der Waals surface area contributed by atoms with Gasteiger partial charge in [-0.2, -0.15) is 8.78 Å². The maximum absolute atomic E-state index is 12.5. The predicted molar refractivity (Wildman–Crippen MR) is 52.7 cm³/mol. The van der Waals surface area contributed by atoms with Crippen molar-refractivity contribution in [1.29, 1.82) is 0 Å². The van der Waals surface area contributed by atoms with Gasteiger partial charge in [0.15, 0.2) is 0 Å². The number of rotatable bonds is 6. The van der Waals surface area contributed by atoms with Gasteiger partial charge in [-0.15, -0.1) is 11.3 Å². The number of hydrogen-bond acceptors (Lipinski definition) is 4. The summed E-state index contributed by atoms with van der Waals surface area (Å²) in [7, 11) is 0. The van der Waals surface area contributed by atoms with Crippen molar-refractivity contribution in [3.8, 4) is 0 Å².